The van der Waals surface area contributed by atoms with Crippen LogP contribution in [-0.4, -0.2) is 52.3 Å². The van der Waals surface area contributed by atoms with Crippen molar-refractivity contribution in [1.29, 1.82) is 0 Å². The van der Waals surface area contributed by atoms with Gasteiger partial charge in [0.1, 0.15) is 0 Å². The molecule has 3 aromatic heterocycles. The van der Waals surface area contributed by atoms with Crippen molar-refractivity contribution < 1.29 is 14.6 Å². The topological polar surface area (TPSA) is 109 Å². The number of aromatic nitrogens is 3. The maximum Gasteiger partial charge on any atom is 0.271 e. The quantitative estimate of drug-likeness (QED) is 0.542. The van der Waals surface area contributed by atoms with Gasteiger partial charge in [0, 0.05) is 26.0 Å². The van der Waals surface area contributed by atoms with Crippen LogP contribution in [-0.2, 0) is 4.74 Å². The van der Waals surface area contributed by atoms with Crippen LogP contribution in [0.1, 0.15) is 29.0 Å². The van der Waals surface area contributed by atoms with Crippen molar-refractivity contribution in [2.24, 2.45) is 0 Å². The molecule has 0 aliphatic carbocycles. The van der Waals surface area contributed by atoms with Crippen molar-refractivity contribution in [3.05, 3.63) is 47.2 Å². The molecule has 1 amide bonds. The minimum absolute atomic E-state index is 0.153. The molecule has 8 nitrogen and oxygen atoms in total. The van der Waals surface area contributed by atoms with Crippen molar-refractivity contribution in [2.75, 3.05) is 25.6 Å². The molecule has 9 heteroatoms. The lowest BCUT2D eigenvalue weighted by molar-refractivity contribution is 0.0921. The SMILES string of the molecule is COCC(Nc1nc(C(=O)NC[C@H](C)O)c2sccc2n1)c1cccnc1. The number of nitrogens with zero attached hydrogens (tertiary/aromatic N) is 3. The van der Waals surface area contributed by atoms with Crippen molar-refractivity contribution in [1.82, 2.24) is 20.3 Å². The van der Waals surface area contributed by atoms with Gasteiger partial charge >= 0.3 is 0 Å². The molecular weight excluding hydrogens is 366 g/mol. The van der Waals surface area contributed by atoms with Gasteiger partial charge in [-0.15, -0.1) is 11.3 Å². The first-order valence-electron chi connectivity index (χ1n) is 8.45. The standard InChI is InChI=1S/C18H21N5O3S/c1-11(24)8-20-17(25)15-16-13(5-7-27-16)21-18(23-15)22-14(10-26-2)12-4-3-6-19-9-12/h3-7,9,11,14,24H,8,10H2,1-2H3,(H,20,25)(H,21,22,23)/t11-,14?/m0/s1. The molecule has 3 N–H and O–H groups in total. The largest absolute Gasteiger partial charge is 0.392 e. The molecule has 27 heavy (non-hydrogen) atoms. The summed E-state index contributed by atoms with van der Waals surface area (Å²) in [6.45, 7) is 2.15. The summed E-state index contributed by atoms with van der Waals surface area (Å²) in [4.78, 5) is 25.6. The third kappa shape index (κ3) is 4.76. The number of carbonyl (C=O) groups excluding carboxylic acids is 1. The first-order valence-corrected chi connectivity index (χ1v) is 9.33. The minimum atomic E-state index is -0.635. The monoisotopic (exact) mass is 387 g/mol. The number of carbonyl (C=O) groups is 1. The number of methoxy groups -OCH3 is 1. The zero-order valence-corrected chi connectivity index (χ0v) is 15.9. The first kappa shape index (κ1) is 19.2. The Kier molecular flexibility index (Phi) is 6.28. The Morgan fingerprint density at radius 2 is 2.22 bits per heavy atom. The highest BCUT2D eigenvalue weighted by Crippen LogP contribution is 2.25. The van der Waals surface area contributed by atoms with Gasteiger partial charge in [0.2, 0.25) is 5.95 Å². The van der Waals surface area contributed by atoms with Crippen molar-refractivity contribution in [3.8, 4) is 0 Å². The summed E-state index contributed by atoms with van der Waals surface area (Å²) in [5.74, 6) is -0.0209. The Bertz CT molecular complexity index is 900. The van der Waals surface area contributed by atoms with Crippen molar-refractivity contribution in [2.45, 2.75) is 19.1 Å². The predicted molar refractivity (Wildman–Crippen MR) is 104 cm³/mol. The Hall–Kier alpha value is -2.62. The fourth-order valence-corrected chi connectivity index (χ4v) is 3.35. The number of fused-ring (bicyclic) bond motifs is 1. The third-order valence-electron chi connectivity index (χ3n) is 3.80. The first-order chi connectivity index (χ1) is 13.1. The van der Waals surface area contributed by atoms with Crippen LogP contribution in [0.15, 0.2) is 36.0 Å². The molecule has 0 aliphatic heterocycles. The van der Waals surface area contributed by atoms with Crippen LogP contribution in [0.4, 0.5) is 5.95 Å². The predicted octanol–water partition coefficient (Wildman–Crippen LogP) is 2.00. The summed E-state index contributed by atoms with van der Waals surface area (Å²) in [7, 11) is 1.61. The van der Waals surface area contributed by atoms with E-state index in [1.807, 2.05) is 23.6 Å². The third-order valence-corrected chi connectivity index (χ3v) is 4.71. The molecule has 142 valence electrons. The number of amides is 1. The zero-order valence-electron chi connectivity index (χ0n) is 15.0. The van der Waals surface area contributed by atoms with E-state index in [9.17, 15) is 9.90 Å². The van der Waals surface area contributed by atoms with Gasteiger partial charge in [-0.25, -0.2) is 9.97 Å². The maximum absolute atomic E-state index is 12.5. The molecule has 0 spiro atoms. The van der Waals surface area contributed by atoms with Gasteiger partial charge < -0.3 is 20.5 Å². The fourth-order valence-electron chi connectivity index (χ4n) is 2.53. The van der Waals surface area contributed by atoms with E-state index in [0.717, 1.165) is 5.56 Å². The number of thiophene rings is 1. The highest BCUT2D eigenvalue weighted by molar-refractivity contribution is 7.17. The Balaban J connectivity index is 1.91. The number of ether oxygens (including phenoxy) is 1. The fraction of sp³-hybridized carbons (Fsp3) is 0.333. The van der Waals surface area contributed by atoms with Crippen LogP contribution in [0.3, 0.4) is 0 Å². The van der Waals surface area contributed by atoms with Crippen LogP contribution in [0.2, 0.25) is 0 Å². The second-order valence-corrected chi connectivity index (χ2v) is 6.94. The van der Waals surface area contributed by atoms with Crippen LogP contribution in [0, 0.1) is 0 Å². The Morgan fingerprint density at radius 3 is 2.93 bits per heavy atom. The molecule has 1 unspecified atom stereocenters. The van der Waals surface area contributed by atoms with Gasteiger partial charge in [0.25, 0.3) is 5.91 Å². The number of anilines is 1. The number of rotatable bonds is 8. The van der Waals surface area contributed by atoms with E-state index in [0.29, 0.717) is 22.8 Å². The minimum Gasteiger partial charge on any atom is -0.392 e. The number of hydrogen-bond acceptors (Lipinski definition) is 8. The van der Waals surface area contributed by atoms with Gasteiger partial charge in [-0.2, -0.15) is 0 Å². The van der Waals surface area contributed by atoms with E-state index < -0.39 is 6.10 Å². The van der Waals surface area contributed by atoms with Gasteiger partial charge in [-0.05, 0) is 30.0 Å². The van der Waals surface area contributed by atoms with Gasteiger partial charge in [0.15, 0.2) is 5.69 Å². The second kappa shape index (κ2) is 8.85. The van der Waals surface area contributed by atoms with E-state index >= 15 is 0 Å². The van der Waals surface area contributed by atoms with E-state index in [1.54, 1.807) is 26.4 Å². The average molecular weight is 387 g/mol. The lowest BCUT2D eigenvalue weighted by atomic mass is 10.1. The molecule has 0 saturated heterocycles. The molecule has 3 rings (SSSR count). The molecule has 3 heterocycles. The Morgan fingerprint density at radius 1 is 1.37 bits per heavy atom. The summed E-state index contributed by atoms with van der Waals surface area (Å²) in [6.07, 6.45) is 2.81. The highest BCUT2D eigenvalue weighted by atomic mass is 32.1. The highest BCUT2D eigenvalue weighted by Gasteiger charge is 2.19. The van der Waals surface area contributed by atoms with Gasteiger partial charge in [-0.3, -0.25) is 9.78 Å². The van der Waals surface area contributed by atoms with Gasteiger partial charge in [0.05, 0.1) is 29.0 Å². The van der Waals surface area contributed by atoms with Crippen LogP contribution >= 0.6 is 11.3 Å². The zero-order chi connectivity index (χ0) is 19.2. The average Bonchev–Trinajstić information content (AvgIpc) is 3.14. The number of pyridine rings is 1. The number of nitrogens with one attached hydrogen (secondary N) is 2. The summed E-state index contributed by atoms with van der Waals surface area (Å²) < 4.78 is 6.00. The lowest BCUT2D eigenvalue weighted by Crippen LogP contribution is -2.31. The van der Waals surface area contributed by atoms with Crippen molar-refractivity contribution in [3.63, 3.8) is 0 Å². The molecule has 3 aromatic rings. The summed E-state index contributed by atoms with van der Waals surface area (Å²) in [5.41, 5.74) is 1.89. The maximum atomic E-state index is 12.5. The molecule has 0 bridgehead atoms. The molecule has 2 atom stereocenters. The Labute approximate surface area is 160 Å². The molecular formula is C18H21N5O3S. The number of aliphatic hydroxyl groups is 1. The van der Waals surface area contributed by atoms with Crippen LogP contribution < -0.4 is 10.6 Å². The summed E-state index contributed by atoms with van der Waals surface area (Å²) in [6, 6.07) is 5.40. The number of hydrogen-bond donors (Lipinski definition) is 3. The number of aliphatic hydroxyl groups excluding tert-OH is 1. The van der Waals surface area contributed by atoms with E-state index in [2.05, 4.69) is 25.6 Å². The van der Waals surface area contributed by atoms with Crippen LogP contribution in [0.25, 0.3) is 10.2 Å². The summed E-state index contributed by atoms with van der Waals surface area (Å²) >= 11 is 1.40. The molecule has 0 saturated carbocycles. The molecule has 0 aliphatic rings. The molecule has 0 aromatic carbocycles. The summed E-state index contributed by atoms with van der Waals surface area (Å²) in [5, 5.41) is 17.2. The van der Waals surface area contributed by atoms with E-state index in [4.69, 9.17) is 4.74 Å². The second-order valence-electron chi connectivity index (χ2n) is 6.03. The smallest absolute Gasteiger partial charge is 0.271 e. The van der Waals surface area contributed by atoms with E-state index in [-0.39, 0.29) is 24.2 Å². The van der Waals surface area contributed by atoms with Gasteiger partial charge in [-0.1, -0.05) is 6.07 Å². The van der Waals surface area contributed by atoms with E-state index in [1.165, 1.54) is 11.3 Å². The van der Waals surface area contributed by atoms with Crippen LogP contribution in [0.5, 0.6) is 0 Å². The normalized spacial score (nSPS) is 13.3. The molecule has 0 fully saturated rings. The van der Waals surface area contributed by atoms with Crippen molar-refractivity contribution >= 4 is 33.4 Å². The molecule has 0 radical (unpaired) electrons. The lowest BCUT2D eigenvalue weighted by Gasteiger charge is -2.18.